The maximum absolute atomic E-state index is 12.0. The molecular formula is C31H34Cl2N2O4S. The molecule has 2 aliphatic carbocycles. The Bertz CT molecular complexity index is 1410. The van der Waals surface area contributed by atoms with Gasteiger partial charge in [-0.1, -0.05) is 84.1 Å². The monoisotopic (exact) mass is 600 g/mol. The number of hydrogen-bond acceptors (Lipinski definition) is 5. The van der Waals surface area contributed by atoms with Crippen LogP contribution in [0.15, 0.2) is 82.8 Å². The molecule has 3 aromatic carbocycles. The number of aryl methyl sites for hydroxylation is 1. The maximum Gasteiger partial charge on any atom is 0.276 e. The first-order valence-electron chi connectivity index (χ1n) is 13.3. The molecule has 9 heteroatoms. The van der Waals surface area contributed by atoms with E-state index >= 15 is 0 Å². The highest BCUT2D eigenvalue weighted by Crippen LogP contribution is 2.30. The number of hydrogen-bond donors (Lipinski definition) is 1. The van der Waals surface area contributed by atoms with Gasteiger partial charge in [0.1, 0.15) is 0 Å². The normalized spacial score (nSPS) is 14.8. The number of Topliss-reactive ketones (excluding diaryl/α,β-unsaturated/α-hetero) is 1. The van der Waals surface area contributed by atoms with Gasteiger partial charge in [-0.2, -0.15) is 13.5 Å². The molecule has 1 N–H and O–H groups in total. The first-order valence-corrected chi connectivity index (χ1v) is 15.6. The molecule has 3 aromatic rings. The van der Waals surface area contributed by atoms with Crippen LogP contribution in [0.25, 0.3) is 0 Å². The van der Waals surface area contributed by atoms with E-state index in [9.17, 15) is 18.0 Å². The average Bonchev–Trinajstić information content (AvgIpc) is 3.68. The zero-order valence-electron chi connectivity index (χ0n) is 22.5. The van der Waals surface area contributed by atoms with Gasteiger partial charge in [-0.3, -0.25) is 9.59 Å². The van der Waals surface area contributed by atoms with E-state index in [-0.39, 0.29) is 16.6 Å². The molecule has 0 spiro atoms. The number of halogens is 2. The Morgan fingerprint density at radius 3 is 1.98 bits per heavy atom. The van der Waals surface area contributed by atoms with Gasteiger partial charge >= 0.3 is 0 Å². The van der Waals surface area contributed by atoms with Crippen molar-refractivity contribution in [1.82, 2.24) is 4.83 Å². The molecule has 0 saturated heterocycles. The third-order valence-corrected chi connectivity index (χ3v) is 8.63. The zero-order valence-corrected chi connectivity index (χ0v) is 24.8. The minimum atomic E-state index is -3.50. The Balaban J connectivity index is 0.000000173. The van der Waals surface area contributed by atoms with Gasteiger partial charge in [0.2, 0.25) is 0 Å². The van der Waals surface area contributed by atoms with Crippen molar-refractivity contribution in [2.24, 2.45) is 11.0 Å². The molecule has 0 amide bonds. The summed E-state index contributed by atoms with van der Waals surface area (Å²) in [5, 5.41) is 5.07. The molecule has 212 valence electrons. The van der Waals surface area contributed by atoms with Gasteiger partial charge in [-0.15, -0.1) is 0 Å². The molecule has 2 fully saturated rings. The van der Waals surface area contributed by atoms with Crippen LogP contribution >= 0.6 is 23.2 Å². The average molecular weight is 602 g/mol. The first-order chi connectivity index (χ1) is 19.2. The molecule has 0 aliphatic heterocycles. The van der Waals surface area contributed by atoms with E-state index in [1.165, 1.54) is 12.8 Å². The number of benzene rings is 3. The highest BCUT2D eigenvalue weighted by atomic mass is 35.5. The lowest BCUT2D eigenvalue weighted by atomic mass is 9.96. The van der Waals surface area contributed by atoms with Crippen LogP contribution in [0.1, 0.15) is 77.6 Å². The van der Waals surface area contributed by atoms with Crippen molar-refractivity contribution in [2.75, 3.05) is 0 Å². The van der Waals surface area contributed by atoms with Gasteiger partial charge in [-0.05, 0) is 75.8 Å². The SMILES string of the molecule is Cc1ccc(S(=O)(=O)NN=C2CCCC2)cc1.O=C(c1ccccc1Cl)C1CCCC1.O=Cc1ccccc1Cl. The summed E-state index contributed by atoms with van der Waals surface area (Å²) in [4.78, 5) is 24.7. The summed E-state index contributed by atoms with van der Waals surface area (Å²) in [5.74, 6) is 0.447. The fraction of sp³-hybridized carbons (Fsp3) is 0.323. The predicted octanol–water partition coefficient (Wildman–Crippen LogP) is 8.07. The van der Waals surface area contributed by atoms with Gasteiger partial charge in [0.15, 0.2) is 12.1 Å². The Kier molecular flexibility index (Phi) is 12.4. The van der Waals surface area contributed by atoms with Crippen molar-refractivity contribution in [3.63, 3.8) is 0 Å². The van der Waals surface area contributed by atoms with E-state index in [4.69, 9.17) is 23.2 Å². The Labute approximate surface area is 246 Å². The van der Waals surface area contributed by atoms with Crippen LogP contribution in [0.4, 0.5) is 0 Å². The second-order valence-corrected chi connectivity index (χ2v) is 12.2. The van der Waals surface area contributed by atoms with Crippen molar-refractivity contribution in [3.8, 4) is 0 Å². The van der Waals surface area contributed by atoms with Crippen LogP contribution in [0, 0.1) is 12.8 Å². The molecule has 2 aliphatic rings. The molecule has 0 radical (unpaired) electrons. The number of sulfonamides is 1. The number of carbonyl (C=O) groups excluding carboxylic acids is 2. The molecule has 6 nitrogen and oxygen atoms in total. The molecule has 0 bridgehead atoms. The zero-order chi connectivity index (χ0) is 29.0. The van der Waals surface area contributed by atoms with Crippen LogP contribution in [0.3, 0.4) is 0 Å². The molecule has 0 heterocycles. The number of hydrazone groups is 1. The van der Waals surface area contributed by atoms with Crippen LogP contribution in [0.5, 0.6) is 0 Å². The lowest BCUT2D eigenvalue weighted by Gasteiger charge is -2.08. The second kappa shape index (κ2) is 15.7. The number of aldehydes is 1. The van der Waals surface area contributed by atoms with Gasteiger partial charge in [-0.25, -0.2) is 4.83 Å². The molecule has 40 heavy (non-hydrogen) atoms. The first kappa shape index (κ1) is 31.5. The summed E-state index contributed by atoms with van der Waals surface area (Å²) in [6.45, 7) is 1.92. The Morgan fingerprint density at radius 2 is 1.43 bits per heavy atom. The predicted molar refractivity (Wildman–Crippen MR) is 162 cm³/mol. The van der Waals surface area contributed by atoms with Crippen LogP contribution in [0.2, 0.25) is 10.0 Å². The summed E-state index contributed by atoms with van der Waals surface area (Å²) in [7, 11) is -3.50. The maximum atomic E-state index is 12.0. The minimum Gasteiger partial charge on any atom is -0.298 e. The standard InChI is InChI=1S/C12H13ClO.C12H16N2O2S.C7H5ClO/c13-11-8-4-3-7-10(11)12(14)9-5-1-2-6-9;1-10-6-8-12(9-7-10)17(15,16)14-13-11-4-2-3-5-11;8-7-4-2-1-3-6(7)5-9/h3-4,7-9H,1-2,5-6H2;6-9,14H,2-5H2,1H3;1-5H. The fourth-order valence-corrected chi connectivity index (χ4v) is 5.69. The molecule has 0 unspecified atom stereocenters. The van der Waals surface area contributed by atoms with Gasteiger partial charge in [0.25, 0.3) is 10.0 Å². The van der Waals surface area contributed by atoms with Gasteiger partial charge in [0, 0.05) is 22.8 Å². The van der Waals surface area contributed by atoms with Crippen molar-refractivity contribution in [3.05, 3.63) is 99.5 Å². The van der Waals surface area contributed by atoms with E-state index in [1.54, 1.807) is 54.6 Å². The second-order valence-electron chi connectivity index (χ2n) is 9.76. The van der Waals surface area contributed by atoms with Gasteiger partial charge < -0.3 is 0 Å². The third-order valence-electron chi connectivity index (χ3n) is 6.73. The molecule has 0 atom stereocenters. The number of carbonyl (C=O) groups is 2. The number of rotatable bonds is 6. The lowest BCUT2D eigenvalue weighted by Crippen LogP contribution is -2.19. The summed E-state index contributed by atoms with van der Waals surface area (Å²) in [6, 6.07) is 21.0. The summed E-state index contributed by atoms with van der Waals surface area (Å²) < 4.78 is 23.8. The van der Waals surface area contributed by atoms with Crippen LogP contribution < -0.4 is 4.83 Å². The fourth-order valence-electron chi connectivity index (χ4n) is 4.43. The van der Waals surface area contributed by atoms with Gasteiger partial charge in [0.05, 0.1) is 14.9 Å². The highest BCUT2D eigenvalue weighted by molar-refractivity contribution is 7.89. The Hall–Kier alpha value is -3.00. The Morgan fingerprint density at radius 1 is 0.850 bits per heavy atom. The van der Waals surface area contributed by atoms with Crippen molar-refractivity contribution >= 4 is 51.0 Å². The van der Waals surface area contributed by atoms with E-state index < -0.39 is 10.0 Å². The van der Waals surface area contributed by atoms with Crippen molar-refractivity contribution in [2.45, 2.75) is 63.2 Å². The quantitative estimate of drug-likeness (QED) is 0.176. The van der Waals surface area contributed by atoms with Crippen molar-refractivity contribution in [1.29, 1.82) is 0 Å². The highest BCUT2D eigenvalue weighted by Gasteiger charge is 2.24. The van der Waals surface area contributed by atoms with E-state index in [0.717, 1.165) is 56.1 Å². The smallest absolute Gasteiger partial charge is 0.276 e. The molecule has 5 rings (SSSR count). The number of nitrogens with one attached hydrogen (secondary N) is 1. The molecule has 0 aromatic heterocycles. The largest absolute Gasteiger partial charge is 0.298 e. The van der Waals surface area contributed by atoms with Crippen LogP contribution in [-0.4, -0.2) is 26.2 Å². The van der Waals surface area contributed by atoms with Crippen molar-refractivity contribution < 1.29 is 18.0 Å². The summed E-state index contributed by atoms with van der Waals surface area (Å²) in [5.41, 5.74) is 3.21. The topological polar surface area (TPSA) is 92.7 Å². The summed E-state index contributed by atoms with van der Waals surface area (Å²) in [6.07, 6.45) is 9.17. The summed E-state index contributed by atoms with van der Waals surface area (Å²) >= 11 is 11.6. The minimum absolute atomic E-state index is 0.217. The molecular weight excluding hydrogens is 567 g/mol. The van der Waals surface area contributed by atoms with Crippen LogP contribution in [-0.2, 0) is 10.0 Å². The number of ketones is 1. The van der Waals surface area contributed by atoms with E-state index in [1.807, 2.05) is 25.1 Å². The lowest BCUT2D eigenvalue weighted by molar-refractivity contribution is 0.0922. The number of nitrogens with zero attached hydrogens (tertiary/aromatic N) is 1. The van der Waals surface area contributed by atoms with E-state index in [0.29, 0.717) is 21.2 Å². The molecule has 2 saturated carbocycles. The van der Waals surface area contributed by atoms with E-state index in [2.05, 4.69) is 9.93 Å². The third kappa shape index (κ3) is 9.58.